The molecule has 1 aromatic heterocycles. The van der Waals surface area contributed by atoms with Gasteiger partial charge in [-0.15, -0.1) is 0 Å². The molecule has 1 atom stereocenters. The molecule has 0 fully saturated rings. The van der Waals surface area contributed by atoms with Crippen molar-refractivity contribution in [3.05, 3.63) is 28.5 Å². The fourth-order valence-electron chi connectivity index (χ4n) is 1.63. The van der Waals surface area contributed by atoms with Gasteiger partial charge in [0.25, 0.3) is 5.91 Å². The molecule has 1 amide bonds. The largest absolute Gasteiger partial charge is 0.479 e. The van der Waals surface area contributed by atoms with Crippen LogP contribution in [0.4, 0.5) is 0 Å². The van der Waals surface area contributed by atoms with Gasteiger partial charge in [0.1, 0.15) is 5.15 Å². The molecule has 0 saturated heterocycles. The van der Waals surface area contributed by atoms with Crippen LogP contribution in [0.1, 0.15) is 29.4 Å². The Balaban J connectivity index is 2.74. The number of carboxylic acids is 1. The second-order valence-corrected chi connectivity index (χ2v) is 4.58. The molecule has 0 radical (unpaired) electrons. The van der Waals surface area contributed by atoms with E-state index in [1.807, 2.05) is 6.92 Å². The molecule has 6 nitrogen and oxygen atoms in total. The van der Waals surface area contributed by atoms with Crippen LogP contribution in [-0.2, 0) is 16.0 Å². The molecule has 0 saturated carbocycles. The first-order valence-electron chi connectivity index (χ1n) is 6.18. The van der Waals surface area contributed by atoms with Gasteiger partial charge in [-0.2, -0.15) is 0 Å². The van der Waals surface area contributed by atoms with E-state index in [0.29, 0.717) is 5.56 Å². The Morgan fingerprint density at radius 1 is 1.50 bits per heavy atom. The van der Waals surface area contributed by atoms with Gasteiger partial charge in [0.15, 0.2) is 6.10 Å². The van der Waals surface area contributed by atoms with E-state index < -0.39 is 18.0 Å². The highest BCUT2D eigenvalue weighted by molar-refractivity contribution is 6.29. The molecule has 1 rings (SSSR count). The van der Waals surface area contributed by atoms with Crippen LogP contribution in [0, 0.1) is 0 Å². The normalized spacial score (nSPS) is 11.9. The zero-order chi connectivity index (χ0) is 15.1. The predicted octanol–water partition coefficient (Wildman–Crippen LogP) is 1.52. The number of amides is 1. The molecule has 0 spiro atoms. The van der Waals surface area contributed by atoms with Gasteiger partial charge in [-0.3, -0.25) is 4.79 Å². The summed E-state index contributed by atoms with van der Waals surface area (Å²) < 4.78 is 4.73. The summed E-state index contributed by atoms with van der Waals surface area (Å²) in [7, 11) is 1.27. The number of nitrogens with zero attached hydrogens (tertiary/aromatic N) is 1. The van der Waals surface area contributed by atoms with Gasteiger partial charge in [0.2, 0.25) is 0 Å². The Kier molecular flexibility index (Phi) is 6.41. The molecule has 20 heavy (non-hydrogen) atoms. The van der Waals surface area contributed by atoms with E-state index >= 15 is 0 Å². The molecule has 0 bridgehead atoms. The first-order chi connectivity index (χ1) is 9.47. The Labute approximate surface area is 122 Å². The molecule has 0 aliphatic rings. The topological polar surface area (TPSA) is 88.5 Å². The van der Waals surface area contributed by atoms with Crippen molar-refractivity contribution in [3.63, 3.8) is 0 Å². The van der Waals surface area contributed by atoms with Crippen LogP contribution in [0.25, 0.3) is 0 Å². The minimum absolute atomic E-state index is 0.117. The number of carbonyl (C=O) groups is 2. The van der Waals surface area contributed by atoms with E-state index in [2.05, 4.69) is 10.3 Å². The van der Waals surface area contributed by atoms with Gasteiger partial charge in [-0.05, 0) is 18.6 Å². The number of rotatable bonds is 7. The summed E-state index contributed by atoms with van der Waals surface area (Å²) in [5.74, 6) is -1.54. The third kappa shape index (κ3) is 4.79. The summed E-state index contributed by atoms with van der Waals surface area (Å²) in [5, 5.41) is 11.5. The number of nitrogens with one attached hydrogen (secondary N) is 1. The maximum absolute atomic E-state index is 12.0. The molecule has 1 aromatic rings. The lowest BCUT2D eigenvalue weighted by atomic mass is 10.1. The SMILES string of the molecule is CCCc1cc(C(=O)NCC(OC)C(=O)O)cc(Cl)n1. The van der Waals surface area contributed by atoms with Gasteiger partial charge in [0.05, 0.1) is 6.54 Å². The van der Waals surface area contributed by atoms with Gasteiger partial charge in [-0.25, -0.2) is 9.78 Å². The van der Waals surface area contributed by atoms with Crippen molar-refractivity contribution in [1.82, 2.24) is 10.3 Å². The summed E-state index contributed by atoms with van der Waals surface area (Å²) >= 11 is 5.86. The van der Waals surface area contributed by atoms with Gasteiger partial charge in [0, 0.05) is 18.4 Å². The fraction of sp³-hybridized carbons (Fsp3) is 0.462. The van der Waals surface area contributed by atoms with E-state index in [0.717, 1.165) is 18.5 Å². The van der Waals surface area contributed by atoms with Gasteiger partial charge >= 0.3 is 5.97 Å². The number of halogens is 1. The maximum Gasteiger partial charge on any atom is 0.334 e. The highest BCUT2D eigenvalue weighted by Crippen LogP contribution is 2.12. The summed E-state index contributed by atoms with van der Waals surface area (Å²) in [6.07, 6.45) is 0.530. The molecule has 110 valence electrons. The smallest absolute Gasteiger partial charge is 0.334 e. The maximum atomic E-state index is 12.0. The number of aliphatic carboxylic acids is 1. The minimum atomic E-state index is -1.13. The average molecular weight is 301 g/mol. The van der Waals surface area contributed by atoms with Crippen molar-refractivity contribution in [3.8, 4) is 0 Å². The number of carbonyl (C=O) groups excluding carboxylic acids is 1. The Morgan fingerprint density at radius 2 is 2.20 bits per heavy atom. The number of aryl methyl sites for hydroxylation is 1. The lowest BCUT2D eigenvalue weighted by Gasteiger charge is -2.12. The monoisotopic (exact) mass is 300 g/mol. The summed E-state index contributed by atoms with van der Waals surface area (Å²) in [6, 6.07) is 3.09. The minimum Gasteiger partial charge on any atom is -0.479 e. The van der Waals surface area contributed by atoms with E-state index in [1.165, 1.54) is 13.2 Å². The number of hydrogen-bond acceptors (Lipinski definition) is 4. The molecule has 1 unspecified atom stereocenters. The fourth-order valence-corrected chi connectivity index (χ4v) is 1.85. The Hall–Kier alpha value is -1.66. The number of ether oxygens (including phenoxy) is 1. The van der Waals surface area contributed by atoms with Crippen LogP contribution in [0.15, 0.2) is 12.1 Å². The van der Waals surface area contributed by atoms with E-state index in [9.17, 15) is 9.59 Å². The molecular weight excluding hydrogens is 284 g/mol. The van der Waals surface area contributed by atoms with Crippen LogP contribution in [0.2, 0.25) is 5.15 Å². The van der Waals surface area contributed by atoms with Gasteiger partial charge < -0.3 is 15.2 Å². The predicted molar refractivity (Wildman–Crippen MR) is 74.0 cm³/mol. The second kappa shape index (κ2) is 7.81. The second-order valence-electron chi connectivity index (χ2n) is 4.19. The molecule has 0 aliphatic heterocycles. The lowest BCUT2D eigenvalue weighted by Crippen LogP contribution is -2.37. The lowest BCUT2D eigenvalue weighted by molar-refractivity contribution is -0.148. The molecule has 1 heterocycles. The highest BCUT2D eigenvalue weighted by Gasteiger charge is 2.18. The standard InChI is InChI=1S/C13H17ClN2O4/c1-3-4-9-5-8(6-11(14)16-9)12(17)15-7-10(20-2)13(18)19/h5-6,10H,3-4,7H2,1-2H3,(H,15,17)(H,18,19). The van der Waals surface area contributed by atoms with Crippen LogP contribution in [0.3, 0.4) is 0 Å². The zero-order valence-corrected chi connectivity index (χ0v) is 12.1. The Morgan fingerprint density at radius 3 is 2.75 bits per heavy atom. The highest BCUT2D eigenvalue weighted by atomic mass is 35.5. The number of pyridine rings is 1. The van der Waals surface area contributed by atoms with Gasteiger partial charge in [-0.1, -0.05) is 24.9 Å². The first-order valence-corrected chi connectivity index (χ1v) is 6.56. The zero-order valence-electron chi connectivity index (χ0n) is 11.4. The molecular formula is C13H17ClN2O4. The van der Waals surface area contributed by atoms with Crippen LogP contribution >= 0.6 is 11.6 Å². The van der Waals surface area contributed by atoms with Crippen LogP contribution in [-0.4, -0.2) is 41.7 Å². The Bertz CT molecular complexity index is 493. The quantitative estimate of drug-likeness (QED) is 0.745. The van der Waals surface area contributed by atoms with Crippen molar-refractivity contribution < 1.29 is 19.4 Å². The van der Waals surface area contributed by atoms with Crippen LogP contribution in [0.5, 0.6) is 0 Å². The van der Waals surface area contributed by atoms with Crippen molar-refractivity contribution in [2.75, 3.05) is 13.7 Å². The third-order valence-corrected chi connectivity index (χ3v) is 2.82. The third-order valence-electron chi connectivity index (χ3n) is 2.62. The average Bonchev–Trinajstić information content (AvgIpc) is 2.38. The van der Waals surface area contributed by atoms with Crippen molar-refractivity contribution in [2.24, 2.45) is 0 Å². The molecule has 0 aliphatic carbocycles. The van der Waals surface area contributed by atoms with E-state index in [-0.39, 0.29) is 11.7 Å². The number of aromatic nitrogens is 1. The number of hydrogen-bond donors (Lipinski definition) is 2. The van der Waals surface area contributed by atoms with E-state index in [1.54, 1.807) is 6.07 Å². The molecule has 0 aromatic carbocycles. The van der Waals surface area contributed by atoms with Crippen LogP contribution < -0.4 is 5.32 Å². The first kappa shape index (κ1) is 16.4. The van der Waals surface area contributed by atoms with E-state index in [4.69, 9.17) is 21.4 Å². The summed E-state index contributed by atoms with van der Waals surface area (Å²) in [6.45, 7) is 1.88. The van der Waals surface area contributed by atoms with Crippen molar-refractivity contribution in [2.45, 2.75) is 25.9 Å². The summed E-state index contributed by atoms with van der Waals surface area (Å²) in [5.41, 5.74) is 1.08. The number of methoxy groups -OCH3 is 1. The molecule has 2 N–H and O–H groups in total. The molecule has 7 heteroatoms. The summed E-state index contributed by atoms with van der Waals surface area (Å²) in [4.78, 5) is 26.8. The van der Waals surface area contributed by atoms with Crippen molar-refractivity contribution >= 4 is 23.5 Å². The van der Waals surface area contributed by atoms with Crippen molar-refractivity contribution in [1.29, 1.82) is 0 Å². The number of carboxylic acid groups (broad SMARTS) is 1.